The number of nitrogens with zero attached hydrogens (tertiary/aromatic N) is 2. The molecule has 0 radical (unpaired) electrons. The van der Waals surface area contributed by atoms with Crippen LogP contribution in [0.2, 0.25) is 5.02 Å². The molecule has 2 aliphatic heterocycles. The number of rotatable bonds is 2. The lowest BCUT2D eigenvalue weighted by atomic mass is 9.73. The van der Waals surface area contributed by atoms with Crippen molar-refractivity contribution in [2.24, 2.45) is 5.41 Å². The normalized spacial score (nSPS) is 21.3. The summed E-state index contributed by atoms with van der Waals surface area (Å²) in [5.41, 5.74) is 2.20. The Morgan fingerprint density at radius 3 is 2.50 bits per heavy atom. The van der Waals surface area contributed by atoms with Crippen molar-refractivity contribution < 1.29 is 14.3 Å². The maximum Gasteiger partial charge on any atom is 0.263 e. The molecule has 0 N–H and O–H groups in total. The van der Waals surface area contributed by atoms with Crippen LogP contribution in [0.25, 0.3) is 0 Å². The molecule has 2 aliphatic rings. The largest absolute Gasteiger partial charge is 0.481 e. The van der Waals surface area contributed by atoms with Gasteiger partial charge < -0.3 is 14.5 Å². The summed E-state index contributed by atoms with van der Waals surface area (Å²) in [7, 11) is 1.89. The van der Waals surface area contributed by atoms with Gasteiger partial charge in [0, 0.05) is 31.7 Å². The average Bonchev–Trinajstić information content (AvgIpc) is 2.83. The van der Waals surface area contributed by atoms with Gasteiger partial charge in [-0.15, -0.1) is 0 Å². The van der Waals surface area contributed by atoms with Crippen LogP contribution in [0.4, 0.5) is 0 Å². The second kappa shape index (κ2) is 10.8. The van der Waals surface area contributed by atoms with E-state index in [1.165, 1.54) is 5.56 Å². The third-order valence-corrected chi connectivity index (χ3v) is 7.67. The molecule has 5 nitrogen and oxygen atoms in total. The van der Waals surface area contributed by atoms with Gasteiger partial charge in [0.2, 0.25) is 5.91 Å². The number of amides is 2. The number of hydrogen-bond acceptors (Lipinski definition) is 3. The quantitative estimate of drug-likeness (QED) is 0.595. The van der Waals surface area contributed by atoms with E-state index in [1.54, 1.807) is 0 Å². The first kappa shape index (κ1) is 24.6. The zero-order valence-electron chi connectivity index (χ0n) is 20.3. The Hall–Kier alpha value is -2.53. The monoisotopic (exact) mass is 482 g/mol. The minimum absolute atomic E-state index is 0.0102. The van der Waals surface area contributed by atoms with Crippen molar-refractivity contribution in [2.75, 3.05) is 26.7 Å². The van der Waals surface area contributed by atoms with Gasteiger partial charge in [-0.25, -0.2) is 0 Å². The van der Waals surface area contributed by atoms with E-state index in [2.05, 4.69) is 6.07 Å². The van der Waals surface area contributed by atoms with E-state index in [4.69, 9.17) is 16.3 Å². The van der Waals surface area contributed by atoms with Crippen molar-refractivity contribution in [1.82, 2.24) is 9.80 Å². The molecule has 2 amide bonds. The molecule has 0 bridgehead atoms. The summed E-state index contributed by atoms with van der Waals surface area (Å²) >= 11 is 5.97. The number of para-hydroxylation sites is 1. The van der Waals surface area contributed by atoms with Gasteiger partial charge in [0.1, 0.15) is 5.75 Å². The number of carbonyl (C=O) groups is 2. The molecule has 34 heavy (non-hydrogen) atoms. The summed E-state index contributed by atoms with van der Waals surface area (Å²) in [5.74, 6) is 0.990. The molecule has 2 heterocycles. The summed E-state index contributed by atoms with van der Waals surface area (Å²) in [6, 6.07) is 15.5. The van der Waals surface area contributed by atoms with Crippen molar-refractivity contribution in [3.8, 4) is 5.75 Å². The maximum atomic E-state index is 13.1. The Morgan fingerprint density at radius 2 is 1.76 bits per heavy atom. The highest BCUT2D eigenvalue weighted by atomic mass is 35.5. The lowest BCUT2D eigenvalue weighted by Crippen LogP contribution is -2.50. The molecule has 4 rings (SSSR count). The number of piperidine rings is 1. The van der Waals surface area contributed by atoms with Crippen LogP contribution >= 0.6 is 11.6 Å². The molecule has 1 atom stereocenters. The first-order valence-electron chi connectivity index (χ1n) is 12.4. The van der Waals surface area contributed by atoms with Crippen LogP contribution in [0.3, 0.4) is 0 Å². The molecule has 2 aromatic rings. The van der Waals surface area contributed by atoms with E-state index < -0.39 is 6.10 Å². The molecule has 0 unspecified atom stereocenters. The second-order valence-corrected chi connectivity index (χ2v) is 10.4. The van der Waals surface area contributed by atoms with Gasteiger partial charge >= 0.3 is 0 Å². The zero-order valence-corrected chi connectivity index (χ0v) is 21.0. The number of benzene rings is 2. The molecule has 1 fully saturated rings. The van der Waals surface area contributed by atoms with Crippen molar-refractivity contribution >= 4 is 23.4 Å². The highest BCUT2D eigenvalue weighted by Gasteiger charge is 2.38. The molecular weight excluding hydrogens is 448 g/mol. The number of halogens is 1. The van der Waals surface area contributed by atoms with E-state index in [1.807, 2.05) is 66.2 Å². The molecule has 6 heteroatoms. The van der Waals surface area contributed by atoms with Crippen LogP contribution in [0.5, 0.6) is 5.75 Å². The Morgan fingerprint density at radius 1 is 1.06 bits per heavy atom. The van der Waals surface area contributed by atoms with Crippen LogP contribution in [0.15, 0.2) is 48.5 Å². The minimum atomic E-state index is -0.524. The van der Waals surface area contributed by atoms with Gasteiger partial charge in [-0.1, -0.05) is 48.4 Å². The third-order valence-electron chi connectivity index (χ3n) is 7.42. The van der Waals surface area contributed by atoms with Crippen molar-refractivity contribution in [1.29, 1.82) is 0 Å². The molecule has 1 saturated heterocycles. The smallest absolute Gasteiger partial charge is 0.263 e. The molecule has 0 saturated carbocycles. The van der Waals surface area contributed by atoms with Crippen molar-refractivity contribution in [3.05, 3.63) is 64.7 Å². The standard InChI is InChI=1S/C28H35ClN2O3/c1-21-27(33)30(2)20-28(14-6-5-8-23-7-3-4-9-25(23)34-21)15-17-31(18-16-28)26(32)19-22-10-12-24(29)13-11-22/h3-4,7,9-13,21H,5-6,8,14-20H2,1-2H3/t21-/m1/s1. The van der Waals surface area contributed by atoms with Gasteiger partial charge in [-0.2, -0.15) is 0 Å². The maximum absolute atomic E-state index is 13.1. The van der Waals surface area contributed by atoms with E-state index in [9.17, 15) is 9.59 Å². The Bertz CT molecular complexity index is 999. The van der Waals surface area contributed by atoms with Crippen LogP contribution in [-0.2, 0) is 22.4 Å². The van der Waals surface area contributed by atoms with E-state index in [0.29, 0.717) is 18.0 Å². The Balaban J connectivity index is 1.42. The lowest BCUT2D eigenvalue weighted by Gasteiger charge is -2.44. The lowest BCUT2D eigenvalue weighted by molar-refractivity contribution is -0.140. The molecule has 0 aliphatic carbocycles. The molecule has 182 valence electrons. The topological polar surface area (TPSA) is 49.9 Å². The van der Waals surface area contributed by atoms with Crippen molar-refractivity contribution in [3.63, 3.8) is 0 Å². The SMILES string of the molecule is C[C@H]1Oc2ccccc2CCCCC2(CCN(C(=O)Cc3ccc(Cl)cc3)CC2)CN(C)C1=O. The van der Waals surface area contributed by atoms with E-state index in [0.717, 1.165) is 62.9 Å². The van der Waals surface area contributed by atoms with Gasteiger partial charge in [0.25, 0.3) is 5.91 Å². The Kier molecular flexibility index (Phi) is 7.82. The van der Waals surface area contributed by atoms with Crippen molar-refractivity contribution in [2.45, 2.75) is 58.0 Å². The first-order chi connectivity index (χ1) is 16.3. The van der Waals surface area contributed by atoms with E-state index >= 15 is 0 Å². The van der Waals surface area contributed by atoms with Crippen LogP contribution in [0.1, 0.15) is 50.2 Å². The highest BCUT2D eigenvalue weighted by molar-refractivity contribution is 6.30. The number of fused-ring (bicyclic) bond motifs is 1. The summed E-state index contributed by atoms with van der Waals surface area (Å²) in [5, 5.41) is 0.681. The summed E-state index contributed by atoms with van der Waals surface area (Å²) in [4.78, 5) is 29.9. The number of carbonyl (C=O) groups excluding carboxylic acids is 2. The van der Waals surface area contributed by atoms with Crippen LogP contribution in [0, 0.1) is 5.41 Å². The minimum Gasteiger partial charge on any atom is -0.481 e. The van der Waals surface area contributed by atoms with Gasteiger partial charge in [-0.3, -0.25) is 9.59 Å². The van der Waals surface area contributed by atoms with Gasteiger partial charge in [0.05, 0.1) is 6.42 Å². The number of likely N-dealkylation sites (tertiary alicyclic amines) is 1. The van der Waals surface area contributed by atoms with Crippen LogP contribution < -0.4 is 4.74 Å². The molecular formula is C28H35ClN2O3. The number of ether oxygens (including phenoxy) is 1. The fourth-order valence-electron chi connectivity index (χ4n) is 5.38. The van der Waals surface area contributed by atoms with Crippen LogP contribution in [-0.4, -0.2) is 54.4 Å². The molecule has 1 spiro atoms. The van der Waals surface area contributed by atoms with Gasteiger partial charge in [-0.05, 0) is 73.8 Å². The summed E-state index contributed by atoms with van der Waals surface area (Å²) in [6.07, 6.45) is 5.93. The average molecular weight is 483 g/mol. The molecule has 0 aromatic heterocycles. The summed E-state index contributed by atoms with van der Waals surface area (Å²) < 4.78 is 6.09. The fraction of sp³-hybridized carbons (Fsp3) is 0.500. The predicted molar refractivity (Wildman–Crippen MR) is 135 cm³/mol. The summed E-state index contributed by atoms with van der Waals surface area (Å²) in [6.45, 7) is 4.03. The Labute approximate surface area is 208 Å². The molecule has 2 aromatic carbocycles. The number of hydrogen-bond donors (Lipinski definition) is 0. The zero-order chi connectivity index (χ0) is 24.1. The number of aryl methyl sites for hydroxylation is 1. The van der Waals surface area contributed by atoms with E-state index in [-0.39, 0.29) is 17.2 Å². The first-order valence-corrected chi connectivity index (χ1v) is 12.7. The van der Waals surface area contributed by atoms with Gasteiger partial charge in [0.15, 0.2) is 6.10 Å². The third kappa shape index (κ3) is 5.93. The number of likely N-dealkylation sites (N-methyl/N-ethyl adjacent to an activating group) is 1. The predicted octanol–water partition coefficient (Wildman–Crippen LogP) is 5.14. The highest BCUT2D eigenvalue weighted by Crippen LogP contribution is 2.38. The fourth-order valence-corrected chi connectivity index (χ4v) is 5.51. The second-order valence-electron chi connectivity index (χ2n) is 9.95.